The highest BCUT2D eigenvalue weighted by Gasteiger charge is 2.14. The third-order valence-electron chi connectivity index (χ3n) is 3.33. The Morgan fingerprint density at radius 3 is 2.78 bits per heavy atom. The van der Waals surface area contributed by atoms with Crippen molar-refractivity contribution in [3.63, 3.8) is 0 Å². The molecule has 18 heavy (non-hydrogen) atoms. The van der Waals surface area contributed by atoms with Crippen molar-refractivity contribution in [1.29, 1.82) is 0 Å². The van der Waals surface area contributed by atoms with Crippen LogP contribution in [0.3, 0.4) is 0 Å². The lowest BCUT2D eigenvalue weighted by molar-refractivity contribution is 0.478. The van der Waals surface area contributed by atoms with E-state index in [2.05, 4.69) is 41.6 Å². The summed E-state index contributed by atoms with van der Waals surface area (Å²) >= 11 is 0. The van der Waals surface area contributed by atoms with Gasteiger partial charge in [0.05, 0.1) is 6.04 Å². The van der Waals surface area contributed by atoms with Gasteiger partial charge in [0.1, 0.15) is 5.82 Å². The average Bonchev–Trinajstić information content (AvgIpc) is 2.79. The Bertz CT molecular complexity index is 504. The molecule has 1 atom stereocenters. The van der Waals surface area contributed by atoms with Gasteiger partial charge in [0, 0.05) is 19.4 Å². The predicted molar refractivity (Wildman–Crippen MR) is 72.8 cm³/mol. The summed E-state index contributed by atoms with van der Waals surface area (Å²) < 4.78 is 2.00. The van der Waals surface area contributed by atoms with Gasteiger partial charge in [0.15, 0.2) is 0 Å². The van der Waals surface area contributed by atoms with Crippen LogP contribution >= 0.6 is 0 Å². The quantitative estimate of drug-likeness (QED) is 0.623. The van der Waals surface area contributed by atoms with Crippen molar-refractivity contribution in [2.45, 2.75) is 25.8 Å². The van der Waals surface area contributed by atoms with Gasteiger partial charge in [-0.05, 0) is 30.9 Å². The molecule has 0 fully saturated rings. The first-order valence-corrected chi connectivity index (χ1v) is 6.20. The maximum atomic E-state index is 5.63. The molecule has 1 unspecified atom stereocenters. The van der Waals surface area contributed by atoms with E-state index in [1.165, 1.54) is 11.1 Å². The number of nitrogens with one attached hydrogen (secondary N) is 1. The molecule has 0 radical (unpaired) electrons. The fourth-order valence-corrected chi connectivity index (χ4v) is 2.19. The van der Waals surface area contributed by atoms with Crippen LogP contribution in [0.15, 0.2) is 36.7 Å². The van der Waals surface area contributed by atoms with Crippen molar-refractivity contribution in [3.8, 4) is 0 Å². The molecule has 4 heteroatoms. The second-order valence-corrected chi connectivity index (χ2v) is 4.58. The second kappa shape index (κ2) is 5.80. The Kier molecular flexibility index (Phi) is 4.12. The number of aryl methyl sites for hydroxylation is 3. The van der Waals surface area contributed by atoms with Crippen LogP contribution in [0.4, 0.5) is 0 Å². The van der Waals surface area contributed by atoms with Crippen LogP contribution in [0.5, 0.6) is 0 Å². The van der Waals surface area contributed by atoms with Crippen LogP contribution < -0.4 is 11.3 Å². The summed E-state index contributed by atoms with van der Waals surface area (Å²) in [6.07, 6.45) is 5.67. The number of aromatic nitrogens is 2. The summed E-state index contributed by atoms with van der Waals surface area (Å²) in [6, 6.07) is 8.54. The van der Waals surface area contributed by atoms with Crippen molar-refractivity contribution in [3.05, 3.63) is 53.6 Å². The van der Waals surface area contributed by atoms with Crippen LogP contribution in [0.2, 0.25) is 0 Å². The van der Waals surface area contributed by atoms with Crippen molar-refractivity contribution in [1.82, 2.24) is 15.0 Å². The van der Waals surface area contributed by atoms with Gasteiger partial charge in [-0.15, -0.1) is 0 Å². The Labute approximate surface area is 108 Å². The molecular weight excluding hydrogens is 224 g/mol. The Morgan fingerprint density at radius 1 is 1.39 bits per heavy atom. The minimum Gasteiger partial charge on any atom is -0.337 e. The fourth-order valence-electron chi connectivity index (χ4n) is 2.19. The van der Waals surface area contributed by atoms with E-state index in [1.54, 1.807) is 6.20 Å². The minimum absolute atomic E-state index is 0.0876. The number of hydrogen-bond acceptors (Lipinski definition) is 3. The molecule has 0 bridgehead atoms. The topological polar surface area (TPSA) is 55.9 Å². The molecule has 0 spiro atoms. The normalized spacial score (nSPS) is 12.6. The molecule has 4 nitrogen and oxygen atoms in total. The largest absolute Gasteiger partial charge is 0.337 e. The minimum atomic E-state index is 0.0876. The van der Waals surface area contributed by atoms with Crippen LogP contribution in [0, 0.1) is 6.92 Å². The van der Waals surface area contributed by atoms with Gasteiger partial charge in [-0.1, -0.05) is 24.3 Å². The molecule has 0 aliphatic heterocycles. The molecule has 1 aromatic carbocycles. The first kappa shape index (κ1) is 12.8. The molecule has 2 rings (SSSR count). The number of rotatable bonds is 5. The molecule has 96 valence electrons. The summed E-state index contributed by atoms with van der Waals surface area (Å²) in [4.78, 5) is 4.34. The van der Waals surface area contributed by atoms with Crippen LogP contribution in [-0.4, -0.2) is 9.55 Å². The maximum absolute atomic E-state index is 5.63. The van der Waals surface area contributed by atoms with Gasteiger partial charge >= 0.3 is 0 Å². The zero-order valence-corrected chi connectivity index (χ0v) is 10.9. The number of benzene rings is 1. The van der Waals surface area contributed by atoms with E-state index in [-0.39, 0.29) is 6.04 Å². The van der Waals surface area contributed by atoms with Gasteiger partial charge in [-0.25, -0.2) is 10.4 Å². The fraction of sp³-hybridized carbons (Fsp3) is 0.357. The number of nitrogens with two attached hydrogens (primary N) is 1. The van der Waals surface area contributed by atoms with E-state index in [1.807, 2.05) is 17.8 Å². The van der Waals surface area contributed by atoms with Crippen LogP contribution in [-0.2, 0) is 13.5 Å². The summed E-state index contributed by atoms with van der Waals surface area (Å²) in [7, 11) is 1.99. The molecule has 0 amide bonds. The molecule has 3 N–H and O–H groups in total. The van der Waals surface area contributed by atoms with E-state index in [9.17, 15) is 0 Å². The van der Waals surface area contributed by atoms with E-state index < -0.39 is 0 Å². The third kappa shape index (κ3) is 2.78. The maximum Gasteiger partial charge on any atom is 0.126 e. The Morgan fingerprint density at radius 2 is 2.17 bits per heavy atom. The lowest BCUT2D eigenvalue weighted by Gasteiger charge is -2.16. The zero-order valence-electron chi connectivity index (χ0n) is 10.9. The molecule has 2 aromatic rings. The van der Waals surface area contributed by atoms with Crippen LogP contribution in [0.1, 0.15) is 29.4 Å². The van der Waals surface area contributed by atoms with E-state index in [4.69, 9.17) is 5.84 Å². The third-order valence-corrected chi connectivity index (χ3v) is 3.33. The zero-order chi connectivity index (χ0) is 13.0. The van der Waals surface area contributed by atoms with Gasteiger partial charge in [-0.2, -0.15) is 0 Å². The lowest BCUT2D eigenvalue weighted by atomic mass is 10.0. The highest BCUT2D eigenvalue weighted by molar-refractivity contribution is 5.25. The SMILES string of the molecule is Cc1ccccc1CCC(NN)c1nccn1C. The number of hydrazine groups is 1. The summed E-state index contributed by atoms with van der Waals surface area (Å²) in [5.41, 5.74) is 5.55. The number of imidazole rings is 1. The van der Waals surface area contributed by atoms with Crippen LogP contribution in [0.25, 0.3) is 0 Å². The molecule has 0 saturated heterocycles. The molecule has 1 heterocycles. The van der Waals surface area contributed by atoms with Gasteiger partial charge in [0.25, 0.3) is 0 Å². The predicted octanol–water partition coefficient (Wildman–Crippen LogP) is 1.87. The van der Waals surface area contributed by atoms with Crippen molar-refractivity contribution < 1.29 is 0 Å². The average molecular weight is 244 g/mol. The highest BCUT2D eigenvalue weighted by Crippen LogP contribution is 2.18. The van der Waals surface area contributed by atoms with Gasteiger partial charge in [-0.3, -0.25) is 5.84 Å². The first-order chi connectivity index (χ1) is 8.72. The van der Waals surface area contributed by atoms with E-state index in [0.717, 1.165) is 18.7 Å². The molecule has 0 saturated carbocycles. The summed E-state index contributed by atoms with van der Waals surface area (Å²) in [5, 5.41) is 0. The standard InChI is InChI=1S/C14H20N4/c1-11-5-3-4-6-12(11)7-8-13(17-15)14-16-9-10-18(14)2/h3-6,9-10,13,17H,7-8,15H2,1-2H3. The molecule has 0 aliphatic carbocycles. The molecular formula is C14H20N4. The van der Waals surface area contributed by atoms with Gasteiger partial charge < -0.3 is 4.57 Å². The summed E-state index contributed by atoms with van der Waals surface area (Å²) in [6.45, 7) is 2.14. The van der Waals surface area contributed by atoms with Crippen molar-refractivity contribution in [2.75, 3.05) is 0 Å². The lowest BCUT2D eigenvalue weighted by Crippen LogP contribution is -2.30. The second-order valence-electron chi connectivity index (χ2n) is 4.58. The van der Waals surface area contributed by atoms with Gasteiger partial charge in [0.2, 0.25) is 0 Å². The Balaban J connectivity index is 2.05. The first-order valence-electron chi connectivity index (χ1n) is 6.20. The number of nitrogens with zero attached hydrogens (tertiary/aromatic N) is 2. The smallest absolute Gasteiger partial charge is 0.126 e. The molecule has 0 aliphatic rings. The van der Waals surface area contributed by atoms with Crippen molar-refractivity contribution in [2.24, 2.45) is 12.9 Å². The highest BCUT2D eigenvalue weighted by atomic mass is 15.3. The van der Waals surface area contributed by atoms with Crippen molar-refractivity contribution >= 4 is 0 Å². The number of hydrogen-bond donors (Lipinski definition) is 2. The monoisotopic (exact) mass is 244 g/mol. The van der Waals surface area contributed by atoms with E-state index >= 15 is 0 Å². The Hall–Kier alpha value is -1.65. The molecule has 1 aromatic heterocycles. The van der Waals surface area contributed by atoms with E-state index in [0.29, 0.717) is 0 Å². The summed E-state index contributed by atoms with van der Waals surface area (Å²) in [5.74, 6) is 6.61.